The zero-order valence-electron chi connectivity index (χ0n) is 11.7. The van der Waals surface area contributed by atoms with Gasteiger partial charge in [-0.1, -0.05) is 22.0 Å². The van der Waals surface area contributed by atoms with Gasteiger partial charge in [0.25, 0.3) is 0 Å². The van der Waals surface area contributed by atoms with Crippen LogP contribution in [0.3, 0.4) is 0 Å². The van der Waals surface area contributed by atoms with E-state index in [1.54, 1.807) is 6.07 Å². The van der Waals surface area contributed by atoms with Crippen LogP contribution in [0, 0.1) is 6.92 Å². The maximum absolute atomic E-state index is 10.2. The quantitative estimate of drug-likeness (QED) is 0.725. The second-order valence-electron chi connectivity index (χ2n) is 5.69. The van der Waals surface area contributed by atoms with Crippen molar-refractivity contribution in [2.75, 3.05) is 0 Å². The molecule has 0 radical (unpaired) electrons. The van der Waals surface area contributed by atoms with Gasteiger partial charge in [-0.15, -0.1) is 0 Å². The number of halogens is 1. The number of benzene rings is 2. The highest BCUT2D eigenvalue weighted by Gasteiger charge is 2.29. The maximum atomic E-state index is 10.2. The molecule has 1 N–H and O–H groups in total. The van der Waals surface area contributed by atoms with E-state index in [4.69, 9.17) is 4.98 Å². The lowest BCUT2D eigenvalue weighted by molar-refractivity contribution is 0.476. The fourth-order valence-electron chi connectivity index (χ4n) is 2.79. The van der Waals surface area contributed by atoms with Gasteiger partial charge in [-0.05, 0) is 55.7 Å². The molecule has 3 aromatic rings. The molecule has 4 heteroatoms. The molecule has 0 amide bonds. The Kier molecular flexibility index (Phi) is 2.82. The van der Waals surface area contributed by atoms with Crippen molar-refractivity contribution >= 4 is 27.0 Å². The minimum Gasteiger partial charge on any atom is -0.507 e. The molecule has 1 aromatic heterocycles. The number of aryl methyl sites for hydroxylation is 1. The molecule has 0 bridgehead atoms. The first-order valence-corrected chi connectivity index (χ1v) is 7.90. The number of nitrogens with zero attached hydrogens (tertiary/aromatic N) is 2. The summed E-state index contributed by atoms with van der Waals surface area (Å²) in [6.45, 7) is 2.08. The molecule has 4 rings (SSSR count). The Hall–Kier alpha value is -1.81. The summed E-state index contributed by atoms with van der Waals surface area (Å²) in [6.07, 6.45) is 2.36. The van der Waals surface area contributed by atoms with Crippen LogP contribution in [0.1, 0.15) is 24.4 Å². The summed E-state index contributed by atoms with van der Waals surface area (Å²) in [7, 11) is 0. The van der Waals surface area contributed by atoms with Crippen LogP contribution in [0.25, 0.3) is 22.4 Å². The first kappa shape index (κ1) is 12.9. The topological polar surface area (TPSA) is 38.1 Å². The molecule has 1 fully saturated rings. The van der Waals surface area contributed by atoms with E-state index in [2.05, 4.69) is 45.6 Å². The van der Waals surface area contributed by atoms with Crippen LogP contribution in [0.15, 0.2) is 40.9 Å². The van der Waals surface area contributed by atoms with Crippen molar-refractivity contribution < 1.29 is 5.11 Å². The Balaban J connectivity index is 2.03. The van der Waals surface area contributed by atoms with Crippen LogP contribution < -0.4 is 0 Å². The molecule has 0 spiro atoms. The zero-order chi connectivity index (χ0) is 14.6. The van der Waals surface area contributed by atoms with E-state index in [0.717, 1.165) is 26.9 Å². The summed E-state index contributed by atoms with van der Waals surface area (Å²) >= 11 is 3.48. The number of phenolic OH excluding ortho intramolecular Hbond substituents is 1. The molecule has 1 aliphatic rings. The summed E-state index contributed by atoms with van der Waals surface area (Å²) in [6, 6.07) is 12.3. The van der Waals surface area contributed by atoms with Gasteiger partial charge in [0.2, 0.25) is 0 Å². The normalized spacial score (nSPS) is 14.8. The molecule has 21 heavy (non-hydrogen) atoms. The van der Waals surface area contributed by atoms with Crippen molar-refractivity contribution in [2.24, 2.45) is 0 Å². The van der Waals surface area contributed by atoms with Gasteiger partial charge < -0.3 is 9.67 Å². The summed E-state index contributed by atoms with van der Waals surface area (Å²) in [5, 5.41) is 10.2. The van der Waals surface area contributed by atoms with Crippen LogP contribution in [0.2, 0.25) is 0 Å². The number of aromatic nitrogens is 2. The van der Waals surface area contributed by atoms with Crippen molar-refractivity contribution in [1.29, 1.82) is 0 Å². The molecule has 1 aliphatic carbocycles. The first-order valence-electron chi connectivity index (χ1n) is 7.11. The number of fused-ring (bicyclic) bond motifs is 1. The predicted octanol–water partition coefficient (Wildman–Crippen LogP) is 4.81. The van der Waals surface area contributed by atoms with E-state index in [0.29, 0.717) is 6.04 Å². The van der Waals surface area contributed by atoms with Crippen LogP contribution in [-0.2, 0) is 0 Å². The van der Waals surface area contributed by atoms with Crippen LogP contribution in [0.4, 0.5) is 0 Å². The molecule has 3 nitrogen and oxygen atoms in total. The minimum absolute atomic E-state index is 0.270. The smallest absolute Gasteiger partial charge is 0.145 e. The lowest BCUT2D eigenvalue weighted by Gasteiger charge is -2.09. The van der Waals surface area contributed by atoms with Crippen molar-refractivity contribution in [3.63, 3.8) is 0 Å². The van der Waals surface area contributed by atoms with Crippen molar-refractivity contribution in [3.8, 4) is 17.1 Å². The molecular formula is C17H15BrN2O. The summed E-state index contributed by atoms with van der Waals surface area (Å²) in [4.78, 5) is 4.79. The molecular weight excluding hydrogens is 328 g/mol. The van der Waals surface area contributed by atoms with Crippen molar-refractivity contribution in [1.82, 2.24) is 9.55 Å². The second kappa shape index (κ2) is 4.60. The highest BCUT2D eigenvalue weighted by atomic mass is 79.9. The minimum atomic E-state index is 0.270. The Morgan fingerprint density at radius 2 is 2.00 bits per heavy atom. The Labute approximate surface area is 131 Å². The molecule has 0 atom stereocenters. The number of hydrogen-bond acceptors (Lipinski definition) is 2. The highest BCUT2D eigenvalue weighted by molar-refractivity contribution is 9.10. The van der Waals surface area contributed by atoms with Crippen LogP contribution in [0.5, 0.6) is 5.75 Å². The number of phenols is 1. The third-order valence-electron chi connectivity index (χ3n) is 3.96. The third kappa shape index (κ3) is 2.14. The van der Waals surface area contributed by atoms with Gasteiger partial charge in [0.05, 0.1) is 16.6 Å². The van der Waals surface area contributed by atoms with Gasteiger partial charge >= 0.3 is 0 Å². The molecule has 0 aliphatic heterocycles. The zero-order valence-corrected chi connectivity index (χ0v) is 13.3. The summed E-state index contributed by atoms with van der Waals surface area (Å²) < 4.78 is 3.22. The SMILES string of the molecule is Cc1ccc2c(c1)nc(-c1cc(Br)ccc1O)n2C1CC1. The van der Waals surface area contributed by atoms with Crippen LogP contribution >= 0.6 is 15.9 Å². The lowest BCUT2D eigenvalue weighted by atomic mass is 10.2. The fourth-order valence-corrected chi connectivity index (χ4v) is 3.15. The summed E-state index contributed by atoms with van der Waals surface area (Å²) in [5.74, 6) is 1.13. The van der Waals surface area contributed by atoms with Crippen LogP contribution in [-0.4, -0.2) is 14.7 Å². The standard InChI is InChI=1S/C17H15BrN2O/c1-10-2-6-15-14(8-10)19-17(20(15)12-4-5-12)13-9-11(18)3-7-16(13)21/h2-3,6-9,12,21H,4-5H2,1H3. The van der Waals surface area contributed by atoms with Gasteiger partial charge in [-0.2, -0.15) is 0 Å². The van der Waals surface area contributed by atoms with Gasteiger partial charge in [-0.25, -0.2) is 4.98 Å². The van der Waals surface area contributed by atoms with Gasteiger partial charge in [-0.3, -0.25) is 0 Å². The monoisotopic (exact) mass is 342 g/mol. The predicted molar refractivity (Wildman–Crippen MR) is 87.5 cm³/mol. The number of imidazole rings is 1. The molecule has 1 saturated carbocycles. The van der Waals surface area contributed by atoms with E-state index in [1.807, 2.05) is 12.1 Å². The summed E-state index contributed by atoms with van der Waals surface area (Å²) in [5.41, 5.74) is 4.13. The first-order chi connectivity index (χ1) is 10.1. The highest BCUT2D eigenvalue weighted by Crippen LogP contribution is 2.43. The van der Waals surface area contributed by atoms with Gasteiger partial charge in [0.1, 0.15) is 11.6 Å². The largest absolute Gasteiger partial charge is 0.507 e. The fraction of sp³-hybridized carbons (Fsp3) is 0.235. The maximum Gasteiger partial charge on any atom is 0.145 e. The molecule has 1 heterocycles. The van der Waals surface area contributed by atoms with E-state index in [-0.39, 0.29) is 5.75 Å². The molecule has 0 saturated heterocycles. The third-order valence-corrected chi connectivity index (χ3v) is 4.45. The average Bonchev–Trinajstić information content (AvgIpc) is 3.22. The van der Waals surface area contributed by atoms with Gasteiger partial charge in [0.15, 0.2) is 0 Å². The van der Waals surface area contributed by atoms with E-state index < -0.39 is 0 Å². The number of aromatic hydroxyl groups is 1. The van der Waals surface area contributed by atoms with Gasteiger partial charge in [0, 0.05) is 10.5 Å². The average molecular weight is 343 g/mol. The Morgan fingerprint density at radius 1 is 1.19 bits per heavy atom. The van der Waals surface area contributed by atoms with Crippen molar-refractivity contribution in [3.05, 3.63) is 46.4 Å². The number of hydrogen-bond donors (Lipinski definition) is 1. The Morgan fingerprint density at radius 3 is 2.76 bits per heavy atom. The Bertz CT molecular complexity index is 849. The van der Waals surface area contributed by atoms with Crippen molar-refractivity contribution in [2.45, 2.75) is 25.8 Å². The second-order valence-corrected chi connectivity index (χ2v) is 6.61. The van der Waals surface area contributed by atoms with E-state index in [9.17, 15) is 5.11 Å². The molecule has 2 aromatic carbocycles. The van der Waals surface area contributed by atoms with E-state index >= 15 is 0 Å². The number of rotatable bonds is 2. The lowest BCUT2D eigenvalue weighted by Crippen LogP contribution is -1.97. The van der Waals surface area contributed by atoms with E-state index in [1.165, 1.54) is 18.4 Å². The molecule has 106 valence electrons. The molecule has 0 unspecified atom stereocenters.